The fraction of sp³-hybridized carbons (Fsp3) is 0.263. The Morgan fingerprint density at radius 1 is 1.23 bits per heavy atom. The van der Waals surface area contributed by atoms with Crippen molar-refractivity contribution >= 4 is 34.6 Å². The van der Waals surface area contributed by atoms with Gasteiger partial charge >= 0.3 is 6.09 Å². The Hall–Kier alpha value is -3.05. The summed E-state index contributed by atoms with van der Waals surface area (Å²) in [4.78, 5) is 31.5. The molecule has 156 valence electrons. The summed E-state index contributed by atoms with van der Waals surface area (Å²) in [6.07, 6.45) is 0.278. The molecule has 2 aromatic rings. The number of fused-ring (bicyclic) bond motifs is 1. The van der Waals surface area contributed by atoms with Gasteiger partial charge in [-0.3, -0.25) is 10.1 Å². The van der Waals surface area contributed by atoms with Crippen LogP contribution < -0.4 is 10.6 Å². The first-order valence-electron chi connectivity index (χ1n) is 8.97. The van der Waals surface area contributed by atoms with Crippen LogP contribution in [0.25, 0.3) is 0 Å². The lowest BCUT2D eigenvalue weighted by Crippen LogP contribution is -2.41. The smallest absolute Gasteiger partial charge is 0.410 e. The molecular weight excluding hydrogens is 418 g/mol. The van der Waals surface area contributed by atoms with Crippen molar-refractivity contribution in [2.45, 2.75) is 12.1 Å². The first-order valence-corrected chi connectivity index (χ1v) is 9.95. The molecule has 2 amide bonds. The fourth-order valence-corrected chi connectivity index (χ4v) is 4.56. The van der Waals surface area contributed by atoms with Gasteiger partial charge in [0.05, 0.1) is 12.8 Å². The van der Waals surface area contributed by atoms with Crippen LogP contribution in [0.1, 0.15) is 22.5 Å². The second-order valence-corrected chi connectivity index (χ2v) is 7.71. The number of amides is 2. The first kappa shape index (κ1) is 20.2. The first-order chi connectivity index (χ1) is 14.4. The van der Waals surface area contributed by atoms with Gasteiger partial charge in [-0.25, -0.2) is 23.6 Å². The highest BCUT2D eigenvalue weighted by Crippen LogP contribution is 2.48. The zero-order valence-electron chi connectivity index (χ0n) is 15.4. The van der Waals surface area contributed by atoms with E-state index < -0.39 is 29.4 Å². The Labute approximate surface area is 173 Å². The summed E-state index contributed by atoms with van der Waals surface area (Å²) in [7, 11) is 0. The van der Waals surface area contributed by atoms with Crippen molar-refractivity contribution in [3.05, 3.63) is 59.4 Å². The molecule has 1 aromatic carbocycles. The van der Waals surface area contributed by atoms with Crippen LogP contribution in [0.15, 0.2) is 41.5 Å². The van der Waals surface area contributed by atoms with Gasteiger partial charge in [-0.1, -0.05) is 11.8 Å². The molecule has 3 heterocycles. The number of aliphatic imine (C=N–C) groups is 1. The van der Waals surface area contributed by atoms with Crippen LogP contribution in [0.3, 0.4) is 0 Å². The van der Waals surface area contributed by atoms with E-state index in [9.17, 15) is 18.4 Å². The van der Waals surface area contributed by atoms with Gasteiger partial charge in [-0.15, -0.1) is 0 Å². The average molecular weight is 434 g/mol. The number of carboxylic acid groups (broad SMARTS) is 1. The maximum Gasteiger partial charge on any atom is 0.410 e. The molecule has 1 fully saturated rings. The number of rotatable bonds is 3. The molecule has 30 heavy (non-hydrogen) atoms. The Kier molecular flexibility index (Phi) is 5.39. The van der Waals surface area contributed by atoms with Gasteiger partial charge in [0, 0.05) is 22.9 Å². The molecule has 2 aliphatic rings. The minimum atomic E-state index is -1.39. The number of benzene rings is 1. The van der Waals surface area contributed by atoms with Crippen molar-refractivity contribution in [3.63, 3.8) is 0 Å². The van der Waals surface area contributed by atoms with Gasteiger partial charge in [0.15, 0.2) is 10.9 Å². The second-order valence-electron chi connectivity index (χ2n) is 6.70. The number of hydrogen-bond donors (Lipinski definition) is 3. The Morgan fingerprint density at radius 2 is 2.07 bits per heavy atom. The van der Waals surface area contributed by atoms with Crippen molar-refractivity contribution in [2.75, 3.05) is 17.7 Å². The van der Waals surface area contributed by atoms with Gasteiger partial charge in [0.25, 0.3) is 5.91 Å². The van der Waals surface area contributed by atoms with E-state index in [0.717, 1.165) is 12.3 Å². The number of nitrogens with one attached hydrogen (secondary N) is 2. The third kappa shape index (κ3) is 3.85. The molecule has 3 N–H and O–H groups in total. The number of carbonyl (C=O) groups is 2. The van der Waals surface area contributed by atoms with Gasteiger partial charge < -0.3 is 15.2 Å². The lowest BCUT2D eigenvalue weighted by Gasteiger charge is -2.35. The Balaban J connectivity index is 1.67. The van der Waals surface area contributed by atoms with Crippen molar-refractivity contribution in [2.24, 2.45) is 10.9 Å². The average Bonchev–Trinajstić information content (AvgIpc) is 3.13. The number of halogens is 2. The van der Waals surface area contributed by atoms with Crippen LogP contribution in [0.5, 0.6) is 0 Å². The van der Waals surface area contributed by atoms with E-state index in [1.807, 2.05) is 0 Å². The maximum absolute atomic E-state index is 14.8. The number of nitrogens with zero attached hydrogens (tertiary/aromatic N) is 2. The largest absolute Gasteiger partial charge is 0.465 e. The number of amidine groups is 1. The third-order valence-electron chi connectivity index (χ3n) is 4.81. The van der Waals surface area contributed by atoms with Gasteiger partial charge in [0.1, 0.15) is 17.3 Å². The van der Waals surface area contributed by atoms with Crippen LogP contribution in [-0.4, -0.2) is 39.6 Å². The molecule has 1 saturated heterocycles. The van der Waals surface area contributed by atoms with Crippen LogP contribution in [0, 0.1) is 17.6 Å². The number of thioether (sulfide) groups is 1. The summed E-state index contributed by atoms with van der Waals surface area (Å²) in [5.41, 5.74) is -1.02. The molecule has 0 radical (unpaired) electrons. The minimum Gasteiger partial charge on any atom is -0.465 e. The predicted octanol–water partition coefficient (Wildman–Crippen LogP) is 3.17. The van der Waals surface area contributed by atoms with E-state index in [1.54, 1.807) is 0 Å². The summed E-state index contributed by atoms with van der Waals surface area (Å²) in [6.45, 7) is 0.338. The van der Waals surface area contributed by atoms with Gasteiger partial charge in [-0.05, 0) is 36.8 Å². The van der Waals surface area contributed by atoms with Crippen molar-refractivity contribution in [1.82, 2.24) is 10.3 Å². The van der Waals surface area contributed by atoms with Gasteiger partial charge in [-0.2, -0.15) is 0 Å². The molecule has 0 saturated carbocycles. The van der Waals surface area contributed by atoms with E-state index >= 15 is 0 Å². The van der Waals surface area contributed by atoms with Crippen molar-refractivity contribution in [3.8, 4) is 0 Å². The SMILES string of the molecule is O=C(O)NC1=N[C@@]2(c3cc(NC(=O)c4ccc(F)cn4)ccc3F)OCC[C@H]2CS1. The highest BCUT2D eigenvalue weighted by atomic mass is 32.2. The third-order valence-corrected chi connectivity index (χ3v) is 5.85. The summed E-state index contributed by atoms with van der Waals surface area (Å²) in [5, 5.41) is 13.9. The van der Waals surface area contributed by atoms with E-state index in [-0.39, 0.29) is 28.0 Å². The zero-order valence-corrected chi connectivity index (χ0v) is 16.2. The summed E-state index contributed by atoms with van der Waals surface area (Å²) in [6, 6.07) is 6.30. The molecule has 4 rings (SSSR count). The number of aromatic nitrogens is 1. The second kappa shape index (κ2) is 8.00. The summed E-state index contributed by atoms with van der Waals surface area (Å²) in [5.74, 6) is -1.43. The highest BCUT2D eigenvalue weighted by molar-refractivity contribution is 8.13. The summed E-state index contributed by atoms with van der Waals surface area (Å²) < 4.78 is 33.7. The monoisotopic (exact) mass is 434 g/mol. The molecule has 1 aromatic heterocycles. The summed E-state index contributed by atoms with van der Waals surface area (Å²) >= 11 is 1.23. The lowest BCUT2D eigenvalue weighted by atomic mass is 9.89. The Bertz CT molecular complexity index is 1030. The normalized spacial score (nSPS) is 22.7. The van der Waals surface area contributed by atoms with E-state index in [4.69, 9.17) is 9.84 Å². The highest BCUT2D eigenvalue weighted by Gasteiger charge is 2.50. The van der Waals surface area contributed by atoms with Crippen LogP contribution in [-0.2, 0) is 10.5 Å². The Morgan fingerprint density at radius 3 is 2.80 bits per heavy atom. The molecule has 2 atom stereocenters. The van der Waals surface area contributed by atoms with E-state index in [1.165, 1.54) is 36.0 Å². The van der Waals surface area contributed by atoms with Crippen LogP contribution in [0.2, 0.25) is 0 Å². The molecule has 8 nitrogen and oxygen atoms in total. The molecule has 0 aliphatic carbocycles. The van der Waals surface area contributed by atoms with Crippen molar-refractivity contribution < 1.29 is 28.2 Å². The molecule has 0 spiro atoms. The van der Waals surface area contributed by atoms with Crippen molar-refractivity contribution in [1.29, 1.82) is 0 Å². The quantitative estimate of drug-likeness (QED) is 0.684. The molecule has 11 heteroatoms. The van der Waals surface area contributed by atoms with Crippen LogP contribution in [0.4, 0.5) is 19.3 Å². The number of anilines is 1. The van der Waals surface area contributed by atoms with Crippen LogP contribution >= 0.6 is 11.8 Å². The molecule has 0 unspecified atom stereocenters. The number of hydrogen-bond acceptors (Lipinski definition) is 6. The molecule has 2 aliphatic heterocycles. The van der Waals surface area contributed by atoms with E-state index in [2.05, 4.69) is 20.6 Å². The fourth-order valence-electron chi connectivity index (χ4n) is 3.45. The topological polar surface area (TPSA) is 113 Å². The van der Waals surface area contributed by atoms with Gasteiger partial charge in [0.2, 0.25) is 0 Å². The zero-order chi connectivity index (χ0) is 21.3. The van der Waals surface area contributed by atoms with E-state index in [0.29, 0.717) is 18.8 Å². The number of ether oxygens (including phenoxy) is 1. The maximum atomic E-state index is 14.8. The molecule has 0 bridgehead atoms. The molecular formula is C19H16F2N4O4S. The lowest BCUT2D eigenvalue weighted by molar-refractivity contribution is -0.0172. The number of carbonyl (C=O) groups excluding carboxylic acids is 1. The minimum absolute atomic E-state index is 0.00420. The standard InChI is InChI=1S/C19H16F2N4O4S/c20-11-1-4-15(22-8-11)16(26)23-12-2-3-14(21)13(7-12)19-10(5-6-29-19)9-30-17(25-19)24-18(27)28/h1-4,7-8,10H,5-6,9H2,(H,23,26)(H,24,25)(H,27,28)/t10-,19+/m0/s1. The predicted molar refractivity (Wildman–Crippen MR) is 105 cm³/mol. The number of pyridine rings is 1.